The van der Waals surface area contributed by atoms with E-state index in [4.69, 9.17) is 0 Å². The zero-order valence-corrected chi connectivity index (χ0v) is 12.5. The van der Waals surface area contributed by atoms with E-state index in [-0.39, 0.29) is 12.2 Å². The number of aryl methyl sites for hydroxylation is 2. The van der Waals surface area contributed by atoms with Crippen LogP contribution in [0.3, 0.4) is 0 Å². The summed E-state index contributed by atoms with van der Waals surface area (Å²) in [5.41, 5.74) is 0.600. The Morgan fingerprint density at radius 1 is 1.44 bits per heavy atom. The Morgan fingerprint density at radius 3 is 2.56 bits per heavy atom. The molecule has 2 rings (SSSR count). The number of ketones is 1. The fourth-order valence-corrected chi connectivity index (χ4v) is 3.08. The summed E-state index contributed by atoms with van der Waals surface area (Å²) < 4.78 is 2.58. The highest BCUT2D eigenvalue weighted by Gasteiger charge is 2.37. The molecule has 1 fully saturated rings. The number of hydrogen-bond donors (Lipinski definition) is 1. The van der Waals surface area contributed by atoms with Crippen LogP contribution in [-0.2, 0) is 18.3 Å². The third kappa shape index (κ3) is 2.52. The first-order chi connectivity index (χ1) is 8.44. The van der Waals surface area contributed by atoms with Crippen LogP contribution < -0.4 is 0 Å². The van der Waals surface area contributed by atoms with Crippen LogP contribution in [0.4, 0.5) is 0 Å². The molecule has 0 aliphatic heterocycles. The topological polar surface area (TPSA) is 55.1 Å². The second kappa shape index (κ2) is 5.13. The standard InChI is InChI=1S/C13H19BrN2O2/c1-9-12(14)10(16(2)15-9)8-11(17)13(18)6-4-3-5-7-13/h18H,3-8H2,1-2H3. The van der Waals surface area contributed by atoms with E-state index in [2.05, 4.69) is 21.0 Å². The maximum absolute atomic E-state index is 12.3. The summed E-state index contributed by atoms with van der Waals surface area (Å²) in [6, 6.07) is 0. The van der Waals surface area contributed by atoms with E-state index in [1.807, 2.05) is 14.0 Å². The van der Waals surface area contributed by atoms with E-state index in [0.29, 0.717) is 12.8 Å². The summed E-state index contributed by atoms with van der Waals surface area (Å²) in [5, 5.41) is 14.7. The van der Waals surface area contributed by atoms with Gasteiger partial charge in [0.1, 0.15) is 5.60 Å². The van der Waals surface area contributed by atoms with Gasteiger partial charge in [-0.2, -0.15) is 5.10 Å². The lowest BCUT2D eigenvalue weighted by molar-refractivity contribution is -0.139. The van der Waals surface area contributed by atoms with E-state index in [1.165, 1.54) is 0 Å². The van der Waals surface area contributed by atoms with Crippen LogP contribution in [0.25, 0.3) is 0 Å². The highest BCUT2D eigenvalue weighted by molar-refractivity contribution is 9.10. The number of nitrogens with zero attached hydrogens (tertiary/aromatic N) is 2. The highest BCUT2D eigenvalue weighted by atomic mass is 79.9. The molecule has 1 aromatic heterocycles. The first kappa shape index (κ1) is 13.7. The van der Waals surface area contributed by atoms with Gasteiger partial charge in [0.15, 0.2) is 5.78 Å². The number of carbonyl (C=O) groups is 1. The molecular weight excluding hydrogens is 296 g/mol. The van der Waals surface area contributed by atoms with Gasteiger partial charge in [0.05, 0.1) is 22.3 Å². The molecule has 4 nitrogen and oxygen atoms in total. The van der Waals surface area contributed by atoms with Crippen molar-refractivity contribution in [1.29, 1.82) is 0 Å². The molecule has 1 heterocycles. The summed E-state index contributed by atoms with van der Waals surface area (Å²) in [6.45, 7) is 1.90. The van der Waals surface area contributed by atoms with Gasteiger partial charge in [-0.15, -0.1) is 0 Å². The second-order valence-corrected chi connectivity index (χ2v) is 5.95. The first-order valence-electron chi connectivity index (χ1n) is 6.38. The van der Waals surface area contributed by atoms with Crippen LogP contribution in [-0.4, -0.2) is 26.3 Å². The Kier molecular flexibility index (Phi) is 3.92. The fraction of sp³-hybridized carbons (Fsp3) is 0.692. The van der Waals surface area contributed by atoms with Crippen molar-refractivity contribution >= 4 is 21.7 Å². The van der Waals surface area contributed by atoms with Crippen LogP contribution in [0.1, 0.15) is 43.5 Å². The van der Waals surface area contributed by atoms with Gasteiger partial charge in [-0.25, -0.2) is 0 Å². The van der Waals surface area contributed by atoms with Gasteiger partial charge in [-0.1, -0.05) is 19.3 Å². The molecule has 5 heteroatoms. The van der Waals surface area contributed by atoms with Crippen LogP contribution in [0.5, 0.6) is 0 Å². The molecule has 1 saturated carbocycles. The molecule has 0 atom stereocenters. The molecule has 1 N–H and O–H groups in total. The lowest BCUT2D eigenvalue weighted by Crippen LogP contribution is -2.41. The van der Waals surface area contributed by atoms with Crippen molar-refractivity contribution < 1.29 is 9.90 Å². The molecule has 18 heavy (non-hydrogen) atoms. The number of carbonyl (C=O) groups excluding carboxylic acids is 1. The van der Waals surface area contributed by atoms with Crippen molar-refractivity contribution in [2.24, 2.45) is 7.05 Å². The number of rotatable bonds is 3. The minimum absolute atomic E-state index is 0.0779. The molecule has 1 aromatic rings. The molecule has 0 saturated heterocycles. The van der Waals surface area contributed by atoms with Crippen molar-refractivity contribution in [1.82, 2.24) is 9.78 Å². The van der Waals surface area contributed by atoms with E-state index in [9.17, 15) is 9.90 Å². The molecule has 0 amide bonds. The molecule has 1 aliphatic rings. The Bertz CT molecular complexity index is 462. The van der Waals surface area contributed by atoms with Crippen molar-refractivity contribution in [3.63, 3.8) is 0 Å². The van der Waals surface area contributed by atoms with Crippen LogP contribution >= 0.6 is 15.9 Å². The van der Waals surface area contributed by atoms with Crippen molar-refractivity contribution in [2.45, 2.75) is 51.0 Å². The highest BCUT2D eigenvalue weighted by Crippen LogP contribution is 2.31. The molecule has 1 aliphatic carbocycles. The van der Waals surface area contributed by atoms with E-state index in [0.717, 1.165) is 35.1 Å². The van der Waals surface area contributed by atoms with E-state index < -0.39 is 5.60 Å². The normalized spacial score (nSPS) is 18.9. The van der Waals surface area contributed by atoms with E-state index >= 15 is 0 Å². The SMILES string of the molecule is Cc1nn(C)c(CC(=O)C2(O)CCCCC2)c1Br. The molecule has 0 bridgehead atoms. The predicted octanol–water partition coefficient (Wildman–Crippen LogP) is 2.30. The summed E-state index contributed by atoms with van der Waals surface area (Å²) in [5.74, 6) is -0.0779. The van der Waals surface area contributed by atoms with Gasteiger partial charge >= 0.3 is 0 Å². The maximum Gasteiger partial charge on any atom is 0.170 e. The quantitative estimate of drug-likeness (QED) is 0.931. The fourth-order valence-electron chi connectivity index (χ4n) is 2.60. The average molecular weight is 315 g/mol. The van der Waals surface area contributed by atoms with E-state index in [1.54, 1.807) is 4.68 Å². The third-order valence-corrected chi connectivity index (χ3v) is 4.82. The predicted molar refractivity (Wildman–Crippen MR) is 72.4 cm³/mol. The summed E-state index contributed by atoms with van der Waals surface area (Å²) in [7, 11) is 1.82. The number of aromatic nitrogens is 2. The molecule has 100 valence electrons. The van der Waals surface area contributed by atoms with Crippen LogP contribution in [0, 0.1) is 6.92 Å². The van der Waals surface area contributed by atoms with Crippen molar-refractivity contribution in [2.75, 3.05) is 0 Å². The van der Waals surface area contributed by atoms with Crippen LogP contribution in [0.15, 0.2) is 4.47 Å². The van der Waals surface area contributed by atoms with Gasteiger partial charge < -0.3 is 5.11 Å². The third-order valence-electron chi connectivity index (χ3n) is 3.79. The smallest absolute Gasteiger partial charge is 0.170 e. The molecule has 0 unspecified atom stereocenters. The van der Waals surface area contributed by atoms with Gasteiger partial charge in [-0.3, -0.25) is 9.48 Å². The lowest BCUT2D eigenvalue weighted by Gasteiger charge is -2.30. The Hall–Kier alpha value is -0.680. The zero-order chi connectivity index (χ0) is 13.3. The van der Waals surface area contributed by atoms with Crippen molar-refractivity contribution in [3.8, 4) is 0 Å². The second-order valence-electron chi connectivity index (χ2n) is 5.16. The van der Waals surface area contributed by atoms with Crippen LogP contribution in [0.2, 0.25) is 0 Å². The van der Waals surface area contributed by atoms with Gasteiger partial charge in [0, 0.05) is 7.05 Å². The largest absolute Gasteiger partial charge is 0.382 e. The average Bonchev–Trinajstić information content (AvgIpc) is 2.57. The molecular formula is C13H19BrN2O2. The minimum atomic E-state index is -1.12. The first-order valence-corrected chi connectivity index (χ1v) is 7.17. The maximum atomic E-state index is 12.3. The van der Waals surface area contributed by atoms with Gasteiger partial charge in [0.2, 0.25) is 0 Å². The number of hydrogen-bond acceptors (Lipinski definition) is 3. The van der Waals surface area contributed by atoms with Gasteiger partial charge in [-0.05, 0) is 35.7 Å². The summed E-state index contributed by atoms with van der Waals surface area (Å²) in [4.78, 5) is 12.3. The molecule has 0 spiro atoms. The molecule has 0 aromatic carbocycles. The number of halogens is 1. The van der Waals surface area contributed by atoms with Gasteiger partial charge in [0.25, 0.3) is 0 Å². The van der Waals surface area contributed by atoms with Crippen molar-refractivity contribution in [3.05, 3.63) is 15.9 Å². The Morgan fingerprint density at radius 2 is 2.06 bits per heavy atom. The molecule has 0 radical (unpaired) electrons. The zero-order valence-electron chi connectivity index (χ0n) is 10.9. The number of Topliss-reactive ketones (excluding diaryl/α,β-unsaturated/α-hetero) is 1. The summed E-state index contributed by atoms with van der Waals surface area (Å²) >= 11 is 3.45. The number of aliphatic hydroxyl groups is 1. The Labute approximate surface area is 116 Å². The lowest BCUT2D eigenvalue weighted by atomic mass is 9.80. The minimum Gasteiger partial charge on any atom is -0.382 e. The summed E-state index contributed by atoms with van der Waals surface area (Å²) in [6.07, 6.45) is 4.43. The Balaban J connectivity index is 2.16. The monoisotopic (exact) mass is 314 g/mol.